The van der Waals surface area contributed by atoms with Gasteiger partial charge in [-0.2, -0.15) is 0 Å². The van der Waals surface area contributed by atoms with Crippen LogP contribution in [0.5, 0.6) is 11.5 Å². The van der Waals surface area contributed by atoms with Gasteiger partial charge in [-0.15, -0.1) is 0 Å². The van der Waals surface area contributed by atoms with Crippen LogP contribution in [0.25, 0.3) is 11.0 Å². The molecular formula is C20H24O10. The normalized spacial score (nSPS) is 31.5. The molecule has 6 atom stereocenters. The summed E-state index contributed by atoms with van der Waals surface area (Å²) >= 11 is 0. The molecule has 1 saturated heterocycles. The Balaban J connectivity index is 1.57. The predicted molar refractivity (Wildman–Crippen MR) is 101 cm³/mol. The number of rotatable bonds is 4. The summed E-state index contributed by atoms with van der Waals surface area (Å²) < 4.78 is 22.3. The second kappa shape index (κ2) is 7.49. The van der Waals surface area contributed by atoms with Gasteiger partial charge in [0.05, 0.1) is 6.61 Å². The summed E-state index contributed by atoms with van der Waals surface area (Å²) in [5, 5.41) is 50.5. The van der Waals surface area contributed by atoms with Gasteiger partial charge < -0.3 is 44.2 Å². The first-order chi connectivity index (χ1) is 14.1. The average Bonchev–Trinajstić information content (AvgIpc) is 3.14. The van der Waals surface area contributed by atoms with E-state index in [0.717, 1.165) is 0 Å². The summed E-state index contributed by atoms with van der Waals surface area (Å²) in [5.41, 5.74) is -0.968. The predicted octanol–water partition coefficient (Wildman–Crippen LogP) is -0.603. The molecule has 10 nitrogen and oxygen atoms in total. The SMILES string of the molecule is CC(C)(O[C@@H]1O[C@H](CO)[C@@H](O)[C@H](O)[C@H]1O)[C@@H]1Cc2cc3ccc(=O)oc3c(O)c2O1. The minimum absolute atomic E-state index is 0.0227. The van der Waals surface area contributed by atoms with Crippen molar-refractivity contribution in [2.75, 3.05) is 6.61 Å². The molecule has 164 valence electrons. The van der Waals surface area contributed by atoms with Crippen molar-refractivity contribution >= 4 is 11.0 Å². The monoisotopic (exact) mass is 424 g/mol. The van der Waals surface area contributed by atoms with Gasteiger partial charge in [0, 0.05) is 23.4 Å². The van der Waals surface area contributed by atoms with Gasteiger partial charge in [0.25, 0.3) is 0 Å². The van der Waals surface area contributed by atoms with Crippen molar-refractivity contribution in [3.05, 3.63) is 34.2 Å². The molecule has 2 aliphatic rings. The highest BCUT2D eigenvalue weighted by Gasteiger charge is 2.48. The van der Waals surface area contributed by atoms with E-state index in [1.165, 1.54) is 6.07 Å². The van der Waals surface area contributed by atoms with Crippen LogP contribution in [0, 0.1) is 0 Å². The van der Waals surface area contributed by atoms with Crippen LogP contribution in [0.4, 0.5) is 0 Å². The van der Waals surface area contributed by atoms with E-state index in [0.29, 0.717) is 17.4 Å². The lowest BCUT2D eigenvalue weighted by atomic mass is 9.95. The number of fused-ring (bicyclic) bond motifs is 2. The van der Waals surface area contributed by atoms with Crippen LogP contribution in [-0.4, -0.2) is 74.6 Å². The van der Waals surface area contributed by atoms with Crippen molar-refractivity contribution in [3.8, 4) is 11.5 Å². The Morgan fingerprint density at radius 3 is 2.60 bits per heavy atom. The van der Waals surface area contributed by atoms with Crippen molar-refractivity contribution in [2.45, 2.75) is 62.7 Å². The fourth-order valence-electron chi connectivity index (χ4n) is 3.83. The highest BCUT2D eigenvalue weighted by Crippen LogP contribution is 2.45. The molecule has 1 aromatic heterocycles. The Morgan fingerprint density at radius 1 is 1.17 bits per heavy atom. The van der Waals surface area contributed by atoms with Crippen LogP contribution >= 0.6 is 0 Å². The molecule has 10 heteroatoms. The van der Waals surface area contributed by atoms with Crippen molar-refractivity contribution in [2.24, 2.45) is 0 Å². The smallest absolute Gasteiger partial charge is 0.336 e. The number of phenols is 1. The highest BCUT2D eigenvalue weighted by molar-refractivity contribution is 5.86. The number of aliphatic hydroxyl groups excluding tert-OH is 4. The van der Waals surface area contributed by atoms with E-state index in [2.05, 4.69) is 0 Å². The Labute approximate surface area is 170 Å². The zero-order chi connectivity index (χ0) is 21.8. The quantitative estimate of drug-likeness (QED) is 0.401. The molecule has 0 saturated carbocycles. The molecule has 5 N–H and O–H groups in total. The molecule has 1 fully saturated rings. The molecule has 4 rings (SSSR count). The number of hydrogen-bond acceptors (Lipinski definition) is 10. The van der Waals surface area contributed by atoms with Gasteiger partial charge in [-0.25, -0.2) is 4.79 Å². The molecule has 0 amide bonds. The molecule has 2 aromatic rings. The summed E-state index contributed by atoms with van der Waals surface area (Å²) in [6, 6.07) is 4.55. The van der Waals surface area contributed by atoms with Crippen molar-refractivity contribution < 1.29 is 44.2 Å². The van der Waals surface area contributed by atoms with Crippen LogP contribution in [0.3, 0.4) is 0 Å². The molecule has 3 heterocycles. The maximum Gasteiger partial charge on any atom is 0.336 e. The number of hydrogen-bond donors (Lipinski definition) is 5. The lowest BCUT2D eigenvalue weighted by Gasteiger charge is -2.43. The summed E-state index contributed by atoms with van der Waals surface area (Å²) in [5.74, 6) is -0.112. The first-order valence-electron chi connectivity index (χ1n) is 9.56. The van der Waals surface area contributed by atoms with E-state index in [1.54, 1.807) is 26.0 Å². The maximum atomic E-state index is 11.5. The minimum atomic E-state index is -1.56. The van der Waals surface area contributed by atoms with Crippen molar-refractivity contribution in [3.63, 3.8) is 0 Å². The van der Waals surface area contributed by atoms with Crippen LogP contribution in [-0.2, 0) is 15.9 Å². The van der Waals surface area contributed by atoms with Gasteiger partial charge in [-0.1, -0.05) is 0 Å². The van der Waals surface area contributed by atoms with E-state index < -0.39 is 54.6 Å². The Kier molecular flexibility index (Phi) is 5.25. The Morgan fingerprint density at radius 2 is 1.90 bits per heavy atom. The first-order valence-corrected chi connectivity index (χ1v) is 9.56. The van der Waals surface area contributed by atoms with Crippen molar-refractivity contribution in [1.29, 1.82) is 0 Å². The van der Waals surface area contributed by atoms with Gasteiger partial charge in [0.1, 0.15) is 36.1 Å². The van der Waals surface area contributed by atoms with Crippen LogP contribution in [0.1, 0.15) is 19.4 Å². The van der Waals surface area contributed by atoms with Gasteiger partial charge in [-0.3, -0.25) is 0 Å². The molecular weight excluding hydrogens is 400 g/mol. The zero-order valence-corrected chi connectivity index (χ0v) is 16.4. The van der Waals surface area contributed by atoms with Gasteiger partial charge in [-0.05, 0) is 26.0 Å². The summed E-state index contributed by atoms with van der Waals surface area (Å²) in [4.78, 5) is 11.5. The molecule has 30 heavy (non-hydrogen) atoms. The fraction of sp³-hybridized carbons (Fsp3) is 0.550. The molecule has 1 aromatic carbocycles. The van der Waals surface area contributed by atoms with E-state index in [4.69, 9.17) is 18.6 Å². The van der Waals surface area contributed by atoms with E-state index >= 15 is 0 Å². The van der Waals surface area contributed by atoms with E-state index in [9.17, 15) is 30.3 Å². The van der Waals surface area contributed by atoms with E-state index in [-0.39, 0.29) is 17.1 Å². The molecule has 0 spiro atoms. The maximum absolute atomic E-state index is 11.5. The molecule has 2 aliphatic heterocycles. The summed E-state index contributed by atoms with van der Waals surface area (Å²) in [6.45, 7) is 2.80. The van der Waals surface area contributed by atoms with Crippen molar-refractivity contribution in [1.82, 2.24) is 0 Å². The largest absolute Gasteiger partial charge is 0.502 e. The van der Waals surface area contributed by atoms with E-state index in [1.807, 2.05) is 0 Å². The number of phenolic OH excluding ortho intramolecular Hbond substituents is 1. The average molecular weight is 424 g/mol. The number of aromatic hydroxyl groups is 1. The second-order valence-corrected chi connectivity index (χ2v) is 8.12. The lowest BCUT2D eigenvalue weighted by Crippen LogP contribution is -2.61. The third-order valence-corrected chi connectivity index (χ3v) is 5.62. The molecule has 0 unspecified atom stereocenters. The minimum Gasteiger partial charge on any atom is -0.502 e. The number of aliphatic hydroxyl groups is 4. The topological polar surface area (TPSA) is 159 Å². The lowest BCUT2D eigenvalue weighted by molar-refractivity contribution is -0.329. The Bertz CT molecular complexity index is 997. The fourth-order valence-corrected chi connectivity index (χ4v) is 3.83. The highest BCUT2D eigenvalue weighted by atomic mass is 16.7. The van der Waals surface area contributed by atoms with Gasteiger partial charge in [0.2, 0.25) is 5.75 Å². The summed E-state index contributed by atoms with van der Waals surface area (Å²) in [7, 11) is 0. The third kappa shape index (κ3) is 3.45. The second-order valence-electron chi connectivity index (χ2n) is 8.12. The third-order valence-electron chi connectivity index (χ3n) is 5.62. The molecule has 0 aliphatic carbocycles. The van der Waals surface area contributed by atoms with Crippen LogP contribution in [0.15, 0.2) is 27.4 Å². The number of benzene rings is 1. The summed E-state index contributed by atoms with van der Waals surface area (Å²) in [6.07, 6.45) is -7.28. The zero-order valence-electron chi connectivity index (χ0n) is 16.4. The molecule has 0 radical (unpaired) electrons. The van der Waals surface area contributed by atoms with Gasteiger partial charge in [0.15, 0.2) is 17.6 Å². The van der Waals surface area contributed by atoms with Crippen LogP contribution in [0.2, 0.25) is 0 Å². The molecule has 0 bridgehead atoms. The first kappa shape index (κ1) is 21.0. The van der Waals surface area contributed by atoms with Gasteiger partial charge >= 0.3 is 5.63 Å². The van der Waals surface area contributed by atoms with Crippen LogP contribution < -0.4 is 10.4 Å². The Hall–Kier alpha value is -2.21. The number of ether oxygens (including phenoxy) is 3. The standard InChI is InChI=1S/C20H24O10/c1-20(2,30-19-15(25)14(24)13(23)10(7-21)27-19)11-6-9-5-8-3-4-12(22)29-17(8)16(26)18(9)28-11/h3-5,10-11,13-15,19,21,23-26H,6-7H2,1-2H3/t10-,11+,13-,14+,15-,19+/m1/s1.